The van der Waals surface area contributed by atoms with Gasteiger partial charge in [-0.2, -0.15) is 5.26 Å². The summed E-state index contributed by atoms with van der Waals surface area (Å²) in [6.45, 7) is 1.85. The Labute approximate surface area is 220 Å². The van der Waals surface area contributed by atoms with E-state index in [1.54, 1.807) is 29.7 Å². The predicted molar refractivity (Wildman–Crippen MR) is 143 cm³/mol. The second kappa shape index (κ2) is 10.8. The number of benzene rings is 2. The van der Waals surface area contributed by atoms with Crippen LogP contribution in [0.1, 0.15) is 29.0 Å². The van der Waals surface area contributed by atoms with Crippen LogP contribution in [0.5, 0.6) is 5.75 Å². The van der Waals surface area contributed by atoms with Gasteiger partial charge in [0.1, 0.15) is 17.9 Å². The van der Waals surface area contributed by atoms with Crippen molar-refractivity contribution in [2.45, 2.75) is 13.0 Å². The molecule has 0 saturated heterocycles. The van der Waals surface area contributed by atoms with Crippen LogP contribution in [0.4, 0.5) is 0 Å². The molecule has 0 fully saturated rings. The molecule has 4 aromatic rings. The van der Waals surface area contributed by atoms with E-state index in [0.29, 0.717) is 31.9 Å². The standard InChI is InChI=1S/C28H21N3O4S2/c1-2-34-27(33)23-24(18-9-4-3-5-10-18)30-28-31(25(23)21-13-8-16-36-21)26(32)22(37-28)17-19-11-6-7-12-20(19)35-15-14-29/h3-13,16-17,25H,2,15H2,1H3/b22-17-/t25-/m1/s1. The minimum absolute atomic E-state index is 0.103. The van der Waals surface area contributed by atoms with Crippen LogP contribution < -0.4 is 19.6 Å². The topological polar surface area (TPSA) is 93.7 Å². The molecular formula is C28H21N3O4S2. The molecule has 5 rings (SSSR count). The number of nitrogens with zero attached hydrogens (tertiary/aromatic N) is 3. The monoisotopic (exact) mass is 527 g/mol. The van der Waals surface area contributed by atoms with E-state index in [-0.39, 0.29) is 18.8 Å². The number of hydrogen-bond acceptors (Lipinski definition) is 8. The second-order valence-electron chi connectivity index (χ2n) is 7.93. The van der Waals surface area contributed by atoms with E-state index in [2.05, 4.69) is 0 Å². The smallest absolute Gasteiger partial charge is 0.338 e. The first-order valence-electron chi connectivity index (χ1n) is 11.5. The van der Waals surface area contributed by atoms with E-state index in [1.165, 1.54) is 22.7 Å². The molecule has 0 saturated carbocycles. The normalized spacial score (nSPS) is 15.0. The fraction of sp³-hybridized carbons (Fsp3) is 0.143. The van der Waals surface area contributed by atoms with Crippen LogP contribution in [0, 0.1) is 11.3 Å². The molecule has 0 spiro atoms. The summed E-state index contributed by atoms with van der Waals surface area (Å²) in [5.74, 6) is -0.00471. The number of hydrogen-bond donors (Lipinski definition) is 0. The summed E-state index contributed by atoms with van der Waals surface area (Å²) in [5.41, 5.74) is 1.98. The zero-order valence-electron chi connectivity index (χ0n) is 19.8. The molecular weight excluding hydrogens is 506 g/mol. The fourth-order valence-electron chi connectivity index (χ4n) is 4.14. The van der Waals surface area contributed by atoms with Gasteiger partial charge in [-0.3, -0.25) is 9.36 Å². The zero-order valence-corrected chi connectivity index (χ0v) is 21.4. The van der Waals surface area contributed by atoms with Gasteiger partial charge in [0, 0.05) is 16.0 Å². The highest BCUT2D eigenvalue weighted by Crippen LogP contribution is 2.36. The lowest BCUT2D eigenvalue weighted by Gasteiger charge is -2.24. The number of thiazole rings is 1. The Hall–Kier alpha value is -4.26. The van der Waals surface area contributed by atoms with Gasteiger partial charge in [-0.05, 0) is 30.5 Å². The Balaban J connectivity index is 1.78. The summed E-state index contributed by atoms with van der Waals surface area (Å²) in [4.78, 5) is 33.3. The molecule has 0 unspecified atom stereocenters. The molecule has 1 aliphatic heterocycles. The van der Waals surface area contributed by atoms with Crippen LogP contribution >= 0.6 is 22.7 Å². The third-order valence-electron chi connectivity index (χ3n) is 5.68. The van der Waals surface area contributed by atoms with E-state index in [9.17, 15) is 9.59 Å². The number of carbonyl (C=O) groups excluding carboxylic acids is 1. The van der Waals surface area contributed by atoms with Gasteiger partial charge in [0.15, 0.2) is 11.4 Å². The maximum atomic E-state index is 13.8. The first-order chi connectivity index (χ1) is 18.1. The Morgan fingerprint density at radius 2 is 1.92 bits per heavy atom. The number of fused-ring (bicyclic) bond motifs is 1. The van der Waals surface area contributed by atoms with Crippen LogP contribution in [0.3, 0.4) is 0 Å². The van der Waals surface area contributed by atoms with Gasteiger partial charge in [0.05, 0.1) is 22.4 Å². The third-order valence-corrected chi connectivity index (χ3v) is 7.59. The molecule has 1 atom stereocenters. The van der Waals surface area contributed by atoms with Crippen molar-refractivity contribution in [3.8, 4) is 11.8 Å². The number of esters is 1. The maximum Gasteiger partial charge on any atom is 0.338 e. The van der Waals surface area contributed by atoms with Crippen LogP contribution in [0.15, 0.2) is 87.5 Å². The summed E-state index contributed by atoms with van der Waals surface area (Å²) in [6, 6.07) is 21.7. The van der Waals surface area contributed by atoms with Gasteiger partial charge >= 0.3 is 5.97 Å². The van der Waals surface area contributed by atoms with Crippen molar-refractivity contribution in [2.24, 2.45) is 4.99 Å². The van der Waals surface area contributed by atoms with E-state index < -0.39 is 12.0 Å². The average Bonchev–Trinajstić information content (AvgIpc) is 3.56. The number of para-hydroxylation sites is 1. The van der Waals surface area contributed by atoms with Gasteiger partial charge in [-0.25, -0.2) is 9.79 Å². The molecule has 3 heterocycles. The molecule has 0 aliphatic carbocycles. The molecule has 37 heavy (non-hydrogen) atoms. The molecule has 1 aliphatic rings. The zero-order chi connectivity index (χ0) is 25.8. The lowest BCUT2D eigenvalue weighted by Crippen LogP contribution is -2.39. The third kappa shape index (κ3) is 4.77. The highest BCUT2D eigenvalue weighted by atomic mass is 32.1. The minimum Gasteiger partial charge on any atom is -0.478 e. The van der Waals surface area contributed by atoms with Crippen LogP contribution in [-0.2, 0) is 9.53 Å². The lowest BCUT2D eigenvalue weighted by atomic mass is 9.97. The largest absolute Gasteiger partial charge is 0.478 e. The van der Waals surface area contributed by atoms with E-state index in [1.807, 2.05) is 66.0 Å². The summed E-state index contributed by atoms with van der Waals surface area (Å²) in [5, 5.41) is 10.8. The number of ether oxygens (including phenoxy) is 2. The van der Waals surface area contributed by atoms with E-state index >= 15 is 0 Å². The van der Waals surface area contributed by atoms with Crippen molar-refractivity contribution in [3.05, 3.63) is 113 Å². The van der Waals surface area contributed by atoms with Crippen LogP contribution in [0.2, 0.25) is 0 Å². The quantitative estimate of drug-likeness (QED) is 0.340. The summed E-state index contributed by atoms with van der Waals surface area (Å²) in [6.07, 6.45) is 1.73. The van der Waals surface area contributed by atoms with Gasteiger partial charge < -0.3 is 9.47 Å². The van der Waals surface area contributed by atoms with Crippen molar-refractivity contribution in [1.29, 1.82) is 5.26 Å². The number of thiophene rings is 1. The molecule has 9 heteroatoms. The molecule has 0 N–H and O–H groups in total. The van der Waals surface area contributed by atoms with Crippen molar-refractivity contribution in [1.82, 2.24) is 4.57 Å². The van der Waals surface area contributed by atoms with Crippen LogP contribution in [-0.4, -0.2) is 23.8 Å². The van der Waals surface area contributed by atoms with Gasteiger partial charge in [0.2, 0.25) is 0 Å². The average molecular weight is 528 g/mol. The molecule has 184 valence electrons. The first kappa shape index (κ1) is 24.4. The molecule has 2 aromatic heterocycles. The van der Waals surface area contributed by atoms with Crippen molar-refractivity contribution >= 4 is 40.4 Å². The summed E-state index contributed by atoms with van der Waals surface area (Å²) < 4.78 is 13.0. The molecule has 0 amide bonds. The predicted octanol–water partition coefficient (Wildman–Crippen LogP) is 3.90. The highest BCUT2D eigenvalue weighted by molar-refractivity contribution is 7.10. The van der Waals surface area contributed by atoms with E-state index in [4.69, 9.17) is 19.7 Å². The Morgan fingerprint density at radius 1 is 1.14 bits per heavy atom. The SMILES string of the molecule is CCOC(=O)C1=C(c2ccccc2)N=c2s/c(=C\c3ccccc3OCC#N)c(=O)n2[C@@H]1c1cccs1. The van der Waals surface area contributed by atoms with Crippen molar-refractivity contribution in [2.75, 3.05) is 13.2 Å². The van der Waals surface area contributed by atoms with Crippen LogP contribution in [0.25, 0.3) is 11.8 Å². The summed E-state index contributed by atoms with van der Waals surface area (Å²) in [7, 11) is 0. The van der Waals surface area contributed by atoms with Gasteiger partial charge in [0.25, 0.3) is 5.56 Å². The van der Waals surface area contributed by atoms with E-state index in [0.717, 1.165) is 10.4 Å². The Bertz CT molecular complexity index is 1690. The molecule has 0 radical (unpaired) electrons. The minimum atomic E-state index is -0.683. The fourth-order valence-corrected chi connectivity index (χ4v) is 5.95. The van der Waals surface area contributed by atoms with Gasteiger partial charge in [-0.1, -0.05) is 65.9 Å². The maximum absolute atomic E-state index is 13.8. The second-order valence-corrected chi connectivity index (χ2v) is 9.92. The summed E-state index contributed by atoms with van der Waals surface area (Å²) >= 11 is 2.71. The number of aromatic nitrogens is 1. The number of carbonyl (C=O) groups is 1. The number of nitriles is 1. The molecule has 0 bridgehead atoms. The highest BCUT2D eigenvalue weighted by Gasteiger charge is 2.35. The first-order valence-corrected chi connectivity index (χ1v) is 13.2. The molecule has 7 nitrogen and oxygen atoms in total. The van der Waals surface area contributed by atoms with Gasteiger partial charge in [-0.15, -0.1) is 11.3 Å². The number of rotatable bonds is 7. The molecule has 2 aromatic carbocycles. The lowest BCUT2D eigenvalue weighted by molar-refractivity contribution is -0.138. The Morgan fingerprint density at radius 3 is 2.65 bits per heavy atom. The van der Waals surface area contributed by atoms with Crippen molar-refractivity contribution in [3.63, 3.8) is 0 Å². The van der Waals surface area contributed by atoms with Crippen molar-refractivity contribution < 1.29 is 14.3 Å². The Kier molecular flexibility index (Phi) is 7.12.